The molecule has 0 amide bonds. The molecule has 21 heavy (non-hydrogen) atoms. The lowest BCUT2D eigenvalue weighted by atomic mass is 10.2. The van der Waals surface area contributed by atoms with Crippen LogP contribution >= 0.6 is 0 Å². The summed E-state index contributed by atoms with van der Waals surface area (Å²) in [6, 6.07) is 5.92. The number of carboxylic acids is 1. The monoisotopic (exact) mass is 290 g/mol. The first-order valence-electron chi connectivity index (χ1n) is 5.86. The van der Waals surface area contributed by atoms with Gasteiger partial charge in [-0.1, -0.05) is 0 Å². The van der Waals surface area contributed by atoms with Crippen molar-refractivity contribution < 1.29 is 24.5 Å². The lowest BCUT2D eigenvalue weighted by Crippen LogP contribution is -2.02. The van der Waals surface area contributed by atoms with Crippen LogP contribution in [0.4, 0.5) is 0 Å². The zero-order valence-electron chi connectivity index (χ0n) is 11.3. The molecule has 2 N–H and O–H groups in total. The second-order valence-corrected chi connectivity index (χ2v) is 3.73. The molecule has 0 fully saturated rings. The van der Waals surface area contributed by atoms with E-state index in [1.165, 1.54) is 50.0 Å². The fraction of sp³-hybridized carbons (Fsp3) is 0.143. The molecule has 0 aromatic carbocycles. The standard InChI is InChI=1S/C8H9NO3.C6H5NO2/c1-12-8(11)6-2-3-9-7(4-6)5-10;8-6(9)5-1-3-7-4-2-5/h2-4,10H,5H2,1H3;1-4H,(H,8,9). The van der Waals surface area contributed by atoms with E-state index in [1.807, 2.05) is 0 Å². The number of aliphatic hydroxyl groups is 1. The van der Waals surface area contributed by atoms with Crippen molar-refractivity contribution in [3.05, 3.63) is 59.7 Å². The number of carbonyl (C=O) groups is 2. The average molecular weight is 290 g/mol. The lowest BCUT2D eigenvalue weighted by molar-refractivity contribution is 0.0599. The molecule has 2 aromatic rings. The number of aromatic carboxylic acids is 1. The van der Waals surface area contributed by atoms with Gasteiger partial charge in [-0.05, 0) is 24.3 Å². The first-order chi connectivity index (χ1) is 10.1. The van der Waals surface area contributed by atoms with E-state index in [0.29, 0.717) is 11.3 Å². The average Bonchev–Trinajstić information content (AvgIpc) is 2.55. The zero-order chi connectivity index (χ0) is 15.7. The number of ether oxygens (including phenoxy) is 1. The number of hydrogen-bond donors (Lipinski definition) is 2. The topological polar surface area (TPSA) is 110 Å². The van der Waals surface area contributed by atoms with Crippen molar-refractivity contribution >= 4 is 11.9 Å². The van der Waals surface area contributed by atoms with E-state index in [4.69, 9.17) is 10.2 Å². The Morgan fingerprint density at radius 1 is 1.14 bits per heavy atom. The summed E-state index contributed by atoms with van der Waals surface area (Å²) in [6.07, 6.45) is 4.35. The summed E-state index contributed by atoms with van der Waals surface area (Å²) in [5, 5.41) is 17.1. The molecule has 0 saturated carbocycles. The molecular weight excluding hydrogens is 276 g/mol. The second-order valence-electron chi connectivity index (χ2n) is 3.73. The summed E-state index contributed by atoms with van der Waals surface area (Å²) >= 11 is 0. The minimum absolute atomic E-state index is 0.176. The Hall–Kier alpha value is -2.80. The van der Waals surface area contributed by atoms with E-state index < -0.39 is 11.9 Å². The van der Waals surface area contributed by atoms with Crippen LogP contribution in [0.2, 0.25) is 0 Å². The van der Waals surface area contributed by atoms with Crippen LogP contribution in [-0.2, 0) is 11.3 Å². The molecule has 2 heterocycles. The van der Waals surface area contributed by atoms with E-state index in [-0.39, 0.29) is 12.2 Å². The van der Waals surface area contributed by atoms with Gasteiger partial charge in [-0.15, -0.1) is 0 Å². The molecular formula is C14H14N2O5. The van der Waals surface area contributed by atoms with Crippen molar-refractivity contribution in [1.82, 2.24) is 9.97 Å². The van der Waals surface area contributed by atoms with Crippen LogP contribution in [0.1, 0.15) is 26.4 Å². The number of rotatable bonds is 3. The maximum Gasteiger partial charge on any atom is 0.337 e. The fourth-order valence-electron chi connectivity index (χ4n) is 1.30. The Kier molecular flexibility index (Phi) is 6.49. The molecule has 0 aliphatic rings. The number of carbonyl (C=O) groups excluding carboxylic acids is 1. The molecule has 7 heteroatoms. The minimum atomic E-state index is -0.919. The van der Waals surface area contributed by atoms with Crippen LogP contribution in [0.25, 0.3) is 0 Å². The number of aromatic nitrogens is 2. The summed E-state index contributed by atoms with van der Waals surface area (Å²) in [4.78, 5) is 28.6. The number of pyridine rings is 2. The molecule has 2 aromatic heterocycles. The quantitative estimate of drug-likeness (QED) is 0.815. The number of esters is 1. The molecule has 2 rings (SSSR count). The van der Waals surface area contributed by atoms with Crippen molar-refractivity contribution in [2.75, 3.05) is 7.11 Å². The Bertz CT molecular complexity index is 601. The maximum atomic E-state index is 10.9. The van der Waals surface area contributed by atoms with E-state index in [0.717, 1.165) is 0 Å². The van der Waals surface area contributed by atoms with Crippen molar-refractivity contribution in [2.24, 2.45) is 0 Å². The summed E-state index contributed by atoms with van der Waals surface area (Å²) < 4.78 is 4.49. The number of methoxy groups -OCH3 is 1. The van der Waals surface area contributed by atoms with Crippen molar-refractivity contribution in [3.63, 3.8) is 0 Å². The molecule has 0 bridgehead atoms. The largest absolute Gasteiger partial charge is 0.478 e. The lowest BCUT2D eigenvalue weighted by Gasteiger charge is -1.99. The Labute approximate surface area is 120 Å². The van der Waals surface area contributed by atoms with Crippen LogP contribution in [0.15, 0.2) is 42.9 Å². The number of carboxylic acid groups (broad SMARTS) is 1. The summed E-state index contributed by atoms with van der Waals surface area (Å²) in [6.45, 7) is -0.176. The van der Waals surface area contributed by atoms with E-state index >= 15 is 0 Å². The number of nitrogens with zero attached hydrogens (tertiary/aromatic N) is 2. The van der Waals surface area contributed by atoms with Gasteiger partial charge in [0, 0.05) is 18.6 Å². The van der Waals surface area contributed by atoms with Crippen molar-refractivity contribution in [3.8, 4) is 0 Å². The number of aliphatic hydroxyl groups excluding tert-OH is 1. The van der Waals surface area contributed by atoms with Gasteiger partial charge in [0.1, 0.15) is 0 Å². The molecule has 0 aliphatic heterocycles. The third-order valence-corrected chi connectivity index (χ3v) is 2.33. The Morgan fingerprint density at radius 2 is 1.76 bits per heavy atom. The molecule has 7 nitrogen and oxygen atoms in total. The van der Waals surface area contributed by atoms with Gasteiger partial charge in [0.25, 0.3) is 0 Å². The van der Waals surface area contributed by atoms with Gasteiger partial charge in [-0.25, -0.2) is 9.59 Å². The Morgan fingerprint density at radius 3 is 2.24 bits per heavy atom. The molecule has 0 radical (unpaired) electrons. The predicted octanol–water partition coefficient (Wildman–Crippen LogP) is 1.14. The first-order valence-corrected chi connectivity index (χ1v) is 5.86. The van der Waals surface area contributed by atoms with Crippen LogP contribution in [0, 0.1) is 0 Å². The van der Waals surface area contributed by atoms with E-state index in [1.54, 1.807) is 0 Å². The highest BCUT2D eigenvalue weighted by Gasteiger charge is 2.05. The zero-order valence-corrected chi connectivity index (χ0v) is 11.3. The molecule has 0 unspecified atom stereocenters. The first kappa shape index (κ1) is 16.3. The van der Waals surface area contributed by atoms with Gasteiger partial charge in [0.05, 0.1) is 30.5 Å². The third-order valence-electron chi connectivity index (χ3n) is 2.33. The smallest absolute Gasteiger partial charge is 0.337 e. The van der Waals surface area contributed by atoms with Crippen LogP contribution < -0.4 is 0 Å². The second kappa shape index (κ2) is 8.39. The van der Waals surface area contributed by atoms with Crippen LogP contribution in [0.5, 0.6) is 0 Å². The third kappa shape index (κ3) is 5.37. The van der Waals surface area contributed by atoms with Crippen LogP contribution in [0.3, 0.4) is 0 Å². The normalized spacial score (nSPS) is 9.24. The summed E-state index contributed by atoms with van der Waals surface area (Å²) in [5.41, 5.74) is 1.12. The Balaban J connectivity index is 0.000000219. The molecule has 110 valence electrons. The van der Waals surface area contributed by atoms with Crippen molar-refractivity contribution in [2.45, 2.75) is 6.61 Å². The predicted molar refractivity (Wildman–Crippen MR) is 72.7 cm³/mol. The van der Waals surface area contributed by atoms with Crippen molar-refractivity contribution in [1.29, 1.82) is 0 Å². The number of hydrogen-bond acceptors (Lipinski definition) is 6. The summed E-state index contributed by atoms with van der Waals surface area (Å²) in [7, 11) is 1.31. The molecule has 0 saturated heterocycles. The van der Waals surface area contributed by atoms with Gasteiger partial charge in [0.15, 0.2) is 0 Å². The highest BCUT2D eigenvalue weighted by Crippen LogP contribution is 2.02. The minimum Gasteiger partial charge on any atom is -0.478 e. The molecule has 0 spiro atoms. The van der Waals surface area contributed by atoms with Gasteiger partial charge < -0.3 is 14.9 Å². The highest BCUT2D eigenvalue weighted by atomic mass is 16.5. The summed E-state index contributed by atoms with van der Waals surface area (Å²) in [5.74, 6) is -1.34. The maximum absolute atomic E-state index is 10.9. The van der Waals surface area contributed by atoms with Gasteiger partial charge in [0.2, 0.25) is 0 Å². The molecule has 0 aliphatic carbocycles. The van der Waals surface area contributed by atoms with Gasteiger partial charge >= 0.3 is 11.9 Å². The van der Waals surface area contributed by atoms with Crippen LogP contribution in [-0.4, -0.2) is 39.2 Å². The SMILES string of the molecule is COC(=O)c1ccnc(CO)c1.O=C(O)c1ccncc1. The fourth-order valence-corrected chi connectivity index (χ4v) is 1.30. The van der Waals surface area contributed by atoms with E-state index in [9.17, 15) is 9.59 Å². The molecule has 0 atom stereocenters. The van der Waals surface area contributed by atoms with Gasteiger partial charge in [-0.3, -0.25) is 9.97 Å². The van der Waals surface area contributed by atoms with Gasteiger partial charge in [-0.2, -0.15) is 0 Å². The van der Waals surface area contributed by atoms with E-state index in [2.05, 4.69) is 14.7 Å². The highest BCUT2D eigenvalue weighted by molar-refractivity contribution is 5.89.